The van der Waals surface area contributed by atoms with Gasteiger partial charge in [0.1, 0.15) is 17.1 Å². The van der Waals surface area contributed by atoms with E-state index in [0.29, 0.717) is 17.3 Å². The van der Waals surface area contributed by atoms with Crippen molar-refractivity contribution in [2.75, 3.05) is 7.11 Å². The van der Waals surface area contributed by atoms with Crippen LogP contribution in [0.5, 0.6) is 5.75 Å². The third-order valence-electron chi connectivity index (χ3n) is 3.97. The first-order chi connectivity index (χ1) is 12.1. The molecule has 0 aliphatic carbocycles. The van der Waals surface area contributed by atoms with Crippen LogP contribution in [-0.2, 0) is 6.54 Å². The number of hydrogen-bond acceptors (Lipinski definition) is 3. The maximum absolute atomic E-state index is 12.4. The lowest BCUT2D eigenvalue weighted by atomic mass is 10.2. The van der Waals surface area contributed by atoms with E-state index >= 15 is 0 Å². The molecule has 0 unspecified atom stereocenters. The van der Waals surface area contributed by atoms with Gasteiger partial charge in [-0.2, -0.15) is 0 Å². The second kappa shape index (κ2) is 6.14. The van der Waals surface area contributed by atoms with Crippen LogP contribution in [-0.4, -0.2) is 27.4 Å². The van der Waals surface area contributed by atoms with Crippen LogP contribution >= 0.6 is 11.6 Å². The molecule has 7 heteroatoms. The van der Waals surface area contributed by atoms with Crippen molar-refractivity contribution < 1.29 is 9.53 Å². The predicted octanol–water partition coefficient (Wildman–Crippen LogP) is 3.41. The summed E-state index contributed by atoms with van der Waals surface area (Å²) in [5, 5.41) is 4.46. The molecule has 0 spiro atoms. The number of pyridine rings is 1. The summed E-state index contributed by atoms with van der Waals surface area (Å²) in [6, 6.07) is 11.1. The third kappa shape index (κ3) is 3.04. The van der Waals surface area contributed by atoms with Gasteiger partial charge in [-0.05, 0) is 30.3 Å². The normalized spacial score (nSPS) is 11.1. The molecule has 0 saturated heterocycles. The summed E-state index contributed by atoms with van der Waals surface area (Å²) in [6.07, 6.45) is 3.62. The van der Waals surface area contributed by atoms with E-state index in [1.54, 1.807) is 19.4 Å². The van der Waals surface area contributed by atoms with Crippen LogP contribution in [0.2, 0.25) is 5.02 Å². The molecule has 126 valence electrons. The maximum atomic E-state index is 12.4. The first-order valence-electron chi connectivity index (χ1n) is 7.70. The minimum atomic E-state index is -0.190. The van der Waals surface area contributed by atoms with Crippen molar-refractivity contribution >= 4 is 34.1 Å². The Bertz CT molecular complexity index is 1080. The number of imidazole rings is 1. The van der Waals surface area contributed by atoms with Gasteiger partial charge in [0.15, 0.2) is 0 Å². The van der Waals surface area contributed by atoms with E-state index in [-0.39, 0.29) is 5.91 Å². The molecule has 1 aromatic carbocycles. The Morgan fingerprint density at radius 1 is 1.28 bits per heavy atom. The van der Waals surface area contributed by atoms with Gasteiger partial charge in [0.2, 0.25) is 0 Å². The molecule has 1 amide bonds. The second-order valence-corrected chi connectivity index (χ2v) is 6.10. The predicted molar refractivity (Wildman–Crippen MR) is 96.2 cm³/mol. The summed E-state index contributed by atoms with van der Waals surface area (Å²) >= 11 is 5.96. The largest absolute Gasteiger partial charge is 0.497 e. The molecule has 0 aliphatic heterocycles. The molecule has 0 fully saturated rings. The van der Waals surface area contributed by atoms with Crippen molar-refractivity contribution in [2.24, 2.45) is 0 Å². The average molecular weight is 355 g/mol. The molecule has 2 N–H and O–H groups in total. The average Bonchev–Trinajstić information content (AvgIpc) is 3.21. The molecule has 0 aliphatic rings. The summed E-state index contributed by atoms with van der Waals surface area (Å²) in [5.74, 6) is 0.551. The van der Waals surface area contributed by atoms with Crippen LogP contribution in [0.3, 0.4) is 0 Å². The lowest BCUT2D eigenvalue weighted by Crippen LogP contribution is -2.23. The van der Waals surface area contributed by atoms with Crippen LogP contribution in [0.15, 0.2) is 48.8 Å². The molecule has 4 aromatic rings. The van der Waals surface area contributed by atoms with Gasteiger partial charge >= 0.3 is 0 Å². The highest BCUT2D eigenvalue weighted by Crippen LogP contribution is 2.21. The molecule has 0 saturated carbocycles. The quantitative estimate of drug-likeness (QED) is 0.590. The molecule has 25 heavy (non-hydrogen) atoms. The summed E-state index contributed by atoms with van der Waals surface area (Å²) in [5.41, 5.74) is 2.89. The second-order valence-electron chi connectivity index (χ2n) is 5.66. The fraction of sp³-hybridized carbons (Fsp3) is 0.111. The maximum Gasteiger partial charge on any atom is 0.268 e. The number of aromatic nitrogens is 3. The Hall–Kier alpha value is -2.99. The standard InChI is InChI=1S/C18H15ClN4O2/c1-25-14-4-2-11-6-16(22-15(11)7-14)18(24)20-8-13-10-23-9-12(19)3-5-17(23)21-13/h2-7,9-10,22H,8H2,1H3,(H,20,24). The van der Waals surface area contributed by atoms with Gasteiger partial charge in [0.25, 0.3) is 5.91 Å². The van der Waals surface area contributed by atoms with Crippen molar-refractivity contribution in [1.29, 1.82) is 0 Å². The summed E-state index contributed by atoms with van der Waals surface area (Å²) < 4.78 is 7.03. The smallest absolute Gasteiger partial charge is 0.268 e. The van der Waals surface area contributed by atoms with Gasteiger partial charge in [-0.15, -0.1) is 0 Å². The van der Waals surface area contributed by atoms with Gasteiger partial charge < -0.3 is 19.4 Å². The fourth-order valence-corrected chi connectivity index (χ4v) is 2.89. The number of H-pyrrole nitrogens is 1. The summed E-state index contributed by atoms with van der Waals surface area (Å²) in [7, 11) is 1.61. The molecule has 3 heterocycles. The Balaban J connectivity index is 1.51. The number of nitrogens with one attached hydrogen (secondary N) is 2. The number of benzene rings is 1. The van der Waals surface area contributed by atoms with Crippen LogP contribution < -0.4 is 10.1 Å². The lowest BCUT2D eigenvalue weighted by molar-refractivity contribution is 0.0946. The number of carbonyl (C=O) groups is 1. The van der Waals surface area contributed by atoms with E-state index in [1.165, 1.54) is 0 Å². The minimum absolute atomic E-state index is 0.190. The highest BCUT2D eigenvalue weighted by Gasteiger charge is 2.11. The first kappa shape index (κ1) is 15.5. The molecular formula is C18H15ClN4O2. The molecular weight excluding hydrogens is 340 g/mol. The van der Waals surface area contributed by atoms with Gasteiger partial charge in [-0.25, -0.2) is 4.98 Å². The number of halogens is 1. The monoisotopic (exact) mass is 354 g/mol. The number of amides is 1. The number of fused-ring (bicyclic) bond motifs is 2. The Labute approximate surface area is 148 Å². The number of aromatic amines is 1. The number of methoxy groups -OCH3 is 1. The van der Waals surface area contributed by atoms with Gasteiger partial charge in [0.05, 0.1) is 24.4 Å². The van der Waals surface area contributed by atoms with E-state index < -0.39 is 0 Å². The van der Waals surface area contributed by atoms with Crippen molar-refractivity contribution in [3.63, 3.8) is 0 Å². The van der Waals surface area contributed by atoms with E-state index in [9.17, 15) is 4.79 Å². The van der Waals surface area contributed by atoms with Gasteiger partial charge in [-0.3, -0.25) is 4.79 Å². The molecule has 0 atom stereocenters. The zero-order chi connectivity index (χ0) is 17.4. The van der Waals surface area contributed by atoms with Crippen LogP contribution in [0.4, 0.5) is 0 Å². The highest BCUT2D eigenvalue weighted by atomic mass is 35.5. The number of rotatable bonds is 4. The van der Waals surface area contributed by atoms with E-state index in [0.717, 1.165) is 28.0 Å². The number of carbonyl (C=O) groups excluding carboxylic acids is 1. The van der Waals surface area contributed by atoms with E-state index in [1.807, 2.05) is 40.9 Å². The van der Waals surface area contributed by atoms with Crippen molar-refractivity contribution in [1.82, 2.24) is 19.7 Å². The Morgan fingerprint density at radius 3 is 3.00 bits per heavy atom. The Kier molecular flexibility index (Phi) is 3.82. The topological polar surface area (TPSA) is 71.4 Å². The SMILES string of the molecule is COc1ccc2cc(C(=O)NCc3cn4cc(Cl)ccc4n3)[nH]c2c1. The highest BCUT2D eigenvalue weighted by molar-refractivity contribution is 6.30. The summed E-state index contributed by atoms with van der Waals surface area (Å²) in [6.45, 7) is 0.330. The van der Waals surface area contributed by atoms with Crippen LogP contribution in [0, 0.1) is 0 Å². The van der Waals surface area contributed by atoms with Gasteiger partial charge in [-0.1, -0.05) is 11.6 Å². The zero-order valence-electron chi connectivity index (χ0n) is 13.4. The van der Waals surface area contributed by atoms with Crippen LogP contribution in [0.1, 0.15) is 16.2 Å². The fourth-order valence-electron chi connectivity index (χ4n) is 2.72. The molecule has 6 nitrogen and oxygen atoms in total. The number of hydrogen-bond donors (Lipinski definition) is 2. The zero-order valence-corrected chi connectivity index (χ0v) is 14.2. The van der Waals surface area contributed by atoms with E-state index in [2.05, 4.69) is 15.3 Å². The van der Waals surface area contributed by atoms with Crippen molar-refractivity contribution in [2.45, 2.75) is 6.54 Å². The first-order valence-corrected chi connectivity index (χ1v) is 8.08. The lowest BCUT2D eigenvalue weighted by Gasteiger charge is -2.00. The summed E-state index contributed by atoms with van der Waals surface area (Å²) in [4.78, 5) is 19.9. The molecule has 4 rings (SSSR count). The molecule has 0 radical (unpaired) electrons. The molecule has 0 bridgehead atoms. The van der Waals surface area contributed by atoms with Crippen LogP contribution in [0.25, 0.3) is 16.6 Å². The van der Waals surface area contributed by atoms with Gasteiger partial charge in [0, 0.05) is 29.4 Å². The third-order valence-corrected chi connectivity index (χ3v) is 4.19. The number of nitrogens with zero attached hydrogens (tertiary/aromatic N) is 2. The van der Waals surface area contributed by atoms with Crippen molar-refractivity contribution in [3.05, 3.63) is 65.2 Å². The molecule has 3 aromatic heterocycles. The minimum Gasteiger partial charge on any atom is -0.497 e. The number of ether oxygens (including phenoxy) is 1. The van der Waals surface area contributed by atoms with E-state index in [4.69, 9.17) is 16.3 Å². The van der Waals surface area contributed by atoms with Crippen molar-refractivity contribution in [3.8, 4) is 5.75 Å². The Morgan fingerprint density at radius 2 is 2.16 bits per heavy atom.